The molecule has 102 valence electrons. The first-order valence-corrected chi connectivity index (χ1v) is 6.87. The van der Waals surface area contributed by atoms with Crippen molar-refractivity contribution in [2.45, 2.75) is 13.3 Å². The second-order valence-electron chi connectivity index (χ2n) is 4.46. The van der Waals surface area contributed by atoms with Gasteiger partial charge in [-0.1, -0.05) is 17.3 Å². The van der Waals surface area contributed by atoms with E-state index in [2.05, 4.69) is 10.1 Å². The number of nitrogen functional groups attached to an aromatic ring is 1. The molecule has 0 aliphatic rings. The van der Waals surface area contributed by atoms with Crippen LogP contribution >= 0.6 is 11.3 Å². The van der Waals surface area contributed by atoms with Gasteiger partial charge in [-0.05, 0) is 30.7 Å². The third kappa shape index (κ3) is 2.55. The minimum Gasteiger partial charge on any atom is -0.390 e. The van der Waals surface area contributed by atoms with Crippen molar-refractivity contribution >= 4 is 16.3 Å². The SMILES string of the molecule is Cc1cc(-c2nc(Cc3cccc(F)c3)no2)c(N)s1. The van der Waals surface area contributed by atoms with E-state index in [-0.39, 0.29) is 5.82 Å². The summed E-state index contributed by atoms with van der Waals surface area (Å²) in [6.45, 7) is 1.97. The number of hydrogen-bond donors (Lipinski definition) is 1. The molecular weight excluding hydrogens is 277 g/mol. The largest absolute Gasteiger partial charge is 0.390 e. The summed E-state index contributed by atoms with van der Waals surface area (Å²) >= 11 is 1.48. The van der Waals surface area contributed by atoms with Crippen LogP contribution in [0.1, 0.15) is 16.3 Å². The average Bonchev–Trinajstić information content (AvgIpc) is 2.96. The fourth-order valence-corrected chi connectivity index (χ4v) is 2.74. The molecule has 4 nitrogen and oxygen atoms in total. The van der Waals surface area contributed by atoms with Gasteiger partial charge in [-0.3, -0.25) is 0 Å². The van der Waals surface area contributed by atoms with Crippen LogP contribution in [0, 0.1) is 12.7 Å². The Bertz CT molecular complexity index is 750. The number of anilines is 1. The molecule has 3 rings (SSSR count). The number of benzene rings is 1. The molecule has 0 atom stereocenters. The van der Waals surface area contributed by atoms with Crippen LogP contribution in [0.25, 0.3) is 11.5 Å². The highest BCUT2D eigenvalue weighted by Gasteiger charge is 2.14. The van der Waals surface area contributed by atoms with Crippen LogP contribution in [-0.4, -0.2) is 10.1 Å². The maximum Gasteiger partial charge on any atom is 0.260 e. The standard InChI is InChI=1S/C14H12FN3OS/c1-8-5-11(13(16)20-8)14-17-12(18-19-14)7-9-3-2-4-10(15)6-9/h2-6H,7,16H2,1H3. The van der Waals surface area contributed by atoms with Gasteiger partial charge in [0.25, 0.3) is 5.89 Å². The Balaban J connectivity index is 1.85. The molecule has 0 aliphatic carbocycles. The number of halogens is 1. The average molecular weight is 289 g/mol. The fourth-order valence-electron chi connectivity index (χ4n) is 1.96. The van der Waals surface area contributed by atoms with Gasteiger partial charge in [-0.25, -0.2) is 4.39 Å². The number of rotatable bonds is 3. The van der Waals surface area contributed by atoms with Crippen molar-refractivity contribution in [3.8, 4) is 11.5 Å². The summed E-state index contributed by atoms with van der Waals surface area (Å²) < 4.78 is 18.3. The van der Waals surface area contributed by atoms with E-state index < -0.39 is 0 Å². The zero-order valence-electron chi connectivity index (χ0n) is 10.8. The summed E-state index contributed by atoms with van der Waals surface area (Å²) in [4.78, 5) is 5.39. The summed E-state index contributed by atoms with van der Waals surface area (Å²) in [5, 5.41) is 4.56. The van der Waals surface area contributed by atoms with Gasteiger partial charge >= 0.3 is 0 Å². The molecule has 0 saturated heterocycles. The van der Waals surface area contributed by atoms with Crippen LogP contribution in [0.2, 0.25) is 0 Å². The van der Waals surface area contributed by atoms with Crippen LogP contribution < -0.4 is 5.73 Å². The van der Waals surface area contributed by atoms with Crippen LogP contribution in [0.5, 0.6) is 0 Å². The summed E-state index contributed by atoms with van der Waals surface area (Å²) in [6, 6.07) is 8.26. The molecular formula is C14H12FN3OS. The molecule has 0 radical (unpaired) electrons. The number of aromatic nitrogens is 2. The van der Waals surface area contributed by atoms with E-state index >= 15 is 0 Å². The molecule has 1 aromatic carbocycles. The lowest BCUT2D eigenvalue weighted by Gasteiger charge is -1.95. The third-order valence-electron chi connectivity index (χ3n) is 2.83. The van der Waals surface area contributed by atoms with Crippen molar-refractivity contribution in [1.29, 1.82) is 0 Å². The Morgan fingerprint density at radius 1 is 1.35 bits per heavy atom. The molecule has 0 aliphatic heterocycles. The molecule has 3 aromatic rings. The number of nitrogens with zero attached hydrogens (tertiary/aromatic N) is 2. The molecule has 0 spiro atoms. The van der Waals surface area contributed by atoms with E-state index in [1.165, 1.54) is 23.5 Å². The van der Waals surface area contributed by atoms with Gasteiger partial charge in [0.05, 0.1) is 10.6 Å². The molecule has 0 unspecified atom stereocenters. The van der Waals surface area contributed by atoms with Gasteiger partial charge in [0.1, 0.15) is 5.82 Å². The lowest BCUT2D eigenvalue weighted by Crippen LogP contribution is -1.91. The fraction of sp³-hybridized carbons (Fsp3) is 0.143. The Hall–Kier alpha value is -2.21. The van der Waals surface area contributed by atoms with Gasteiger partial charge < -0.3 is 10.3 Å². The topological polar surface area (TPSA) is 64.9 Å². The van der Waals surface area contributed by atoms with Gasteiger partial charge in [0, 0.05) is 11.3 Å². The van der Waals surface area contributed by atoms with Crippen LogP contribution in [0.3, 0.4) is 0 Å². The van der Waals surface area contributed by atoms with Crippen LogP contribution in [-0.2, 0) is 6.42 Å². The Morgan fingerprint density at radius 2 is 2.20 bits per heavy atom. The van der Waals surface area contributed by atoms with Crippen molar-refractivity contribution < 1.29 is 8.91 Å². The molecule has 6 heteroatoms. The summed E-state index contributed by atoms with van der Waals surface area (Å²) in [5.41, 5.74) is 7.45. The minimum atomic E-state index is -0.274. The van der Waals surface area contributed by atoms with E-state index in [4.69, 9.17) is 10.3 Å². The first kappa shape index (κ1) is 12.8. The van der Waals surface area contributed by atoms with Crippen molar-refractivity contribution in [1.82, 2.24) is 10.1 Å². The summed E-state index contributed by atoms with van der Waals surface area (Å²) in [5.74, 6) is 0.635. The number of nitrogens with two attached hydrogens (primary N) is 1. The predicted molar refractivity (Wildman–Crippen MR) is 76.0 cm³/mol. The van der Waals surface area contributed by atoms with Crippen molar-refractivity contribution in [3.05, 3.63) is 52.4 Å². The molecule has 2 aromatic heterocycles. The van der Waals surface area contributed by atoms with Crippen molar-refractivity contribution in [2.75, 3.05) is 5.73 Å². The number of thiophene rings is 1. The van der Waals surface area contributed by atoms with Crippen molar-refractivity contribution in [3.63, 3.8) is 0 Å². The van der Waals surface area contributed by atoms with E-state index in [1.54, 1.807) is 6.07 Å². The smallest absolute Gasteiger partial charge is 0.260 e. The number of hydrogen-bond acceptors (Lipinski definition) is 5. The molecule has 2 heterocycles. The maximum atomic E-state index is 13.1. The third-order valence-corrected chi connectivity index (χ3v) is 3.71. The summed E-state index contributed by atoms with van der Waals surface area (Å²) in [7, 11) is 0. The minimum absolute atomic E-state index is 0.274. The highest BCUT2D eigenvalue weighted by atomic mass is 32.1. The highest BCUT2D eigenvalue weighted by molar-refractivity contribution is 7.16. The second-order valence-corrected chi connectivity index (χ2v) is 5.75. The normalized spacial score (nSPS) is 10.9. The Labute approximate surface area is 119 Å². The molecule has 0 fully saturated rings. The maximum absolute atomic E-state index is 13.1. The van der Waals surface area contributed by atoms with Crippen LogP contribution in [0.4, 0.5) is 9.39 Å². The molecule has 20 heavy (non-hydrogen) atoms. The van der Waals surface area contributed by atoms with E-state index in [9.17, 15) is 4.39 Å². The predicted octanol–water partition coefficient (Wildman–Crippen LogP) is 3.42. The van der Waals surface area contributed by atoms with Gasteiger partial charge in [0.15, 0.2) is 5.82 Å². The summed E-state index contributed by atoms with van der Waals surface area (Å²) in [6.07, 6.45) is 0.421. The molecule has 0 amide bonds. The second kappa shape index (κ2) is 5.05. The Morgan fingerprint density at radius 3 is 2.90 bits per heavy atom. The van der Waals surface area contributed by atoms with Crippen molar-refractivity contribution in [2.24, 2.45) is 0 Å². The quantitative estimate of drug-likeness (QED) is 0.802. The van der Waals surface area contributed by atoms with Gasteiger partial charge in [-0.15, -0.1) is 11.3 Å². The zero-order valence-corrected chi connectivity index (χ0v) is 11.6. The highest BCUT2D eigenvalue weighted by Crippen LogP contribution is 2.32. The zero-order chi connectivity index (χ0) is 14.1. The first-order chi connectivity index (χ1) is 9.61. The number of aryl methyl sites for hydroxylation is 1. The van der Waals surface area contributed by atoms with Crippen LogP contribution in [0.15, 0.2) is 34.9 Å². The van der Waals surface area contributed by atoms with E-state index in [0.29, 0.717) is 23.1 Å². The Kier molecular flexibility index (Phi) is 3.23. The molecule has 0 saturated carbocycles. The van der Waals surface area contributed by atoms with Gasteiger partial charge in [0.2, 0.25) is 0 Å². The van der Waals surface area contributed by atoms with Gasteiger partial charge in [-0.2, -0.15) is 4.98 Å². The first-order valence-electron chi connectivity index (χ1n) is 6.05. The lowest BCUT2D eigenvalue weighted by molar-refractivity contribution is 0.424. The van der Waals surface area contributed by atoms with E-state index in [0.717, 1.165) is 16.0 Å². The van der Waals surface area contributed by atoms with E-state index in [1.807, 2.05) is 19.1 Å². The molecule has 2 N–H and O–H groups in total. The molecule has 0 bridgehead atoms. The lowest BCUT2D eigenvalue weighted by atomic mass is 10.1. The monoisotopic (exact) mass is 289 g/mol.